The highest BCUT2D eigenvalue weighted by Gasteiger charge is 2.30. The van der Waals surface area contributed by atoms with Crippen LogP contribution in [0.4, 0.5) is 0 Å². The second-order valence-corrected chi connectivity index (χ2v) is 6.91. The van der Waals surface area contributed by atoms with Gasteiger partial charge in [0, 0.05) is 6.42 Å². The van der Waals surface area contributed by atoms with Gasteiger partial charge in [0.25, 0.3) is 0 Å². The van der Waals surface area contributed by atoms with Gasteiger partial charge in [0.05, 0.1) is 6.61 Å². The molecule has 0 fully saturated rings. The molecule has 0 saturated carbocycles. The van der Waals surface area contributed by atoms with E-state index in [1.54, 1.807) is 0 Å². The number of hydrogen-bond acceptors (Lipinski definition) is 7. The van der Waals surface area contributed by atoms with Gasteiger partial charge in [-0.15, -0.1) is 0 Å². The summed E-state index contributed by atoms with van der Waals surface area (Å²) < 4.78 is 4.87. The highest BCUT2D eigenvalue weighted by molar-refractivity contribution is 5.69. The van der Waals surface area contributed by atoms with Crippen LogP contribution in [0.5, 0.6) is 0 Å². The van der Waals surface area contributed by atoms with E-state index in [-0.39, 0.29) is 6.42 Å². The van der Waals surface area contributed by atoms with E-state index in [1.807, 2.05) is 0 Å². The zero-order valence-electron chi connectivity index (χ0n) is 16.1. The summed E-state index contributed by atoms with van der Waals surface area (Å²) in [6, 6.07) is 0. The van der Waals surface area contributed by atoms with Crippen molar-refractivity contribution in [1.29, 1.82) is 0 Å². The maximum atomic E-state index is 11.6. The fourth-order valence-corrected chi connectivity index (χ4v) is 2.67. The minimum absolute atomic E-state index is 0.251. The van der Waals surface area contributed by atoms with Gasteiger partial charge in [-0.3, -0.25) is 4.79 Å². The lowest BCUT2D eigenvalue weighted by atomic mass is 10.0. The molecule has 0 aromatic heterocycles. The number of carbonyl (C=O) groups is 1. The molecule has 26 heavy (non-hydrogen) atoms. The van der Waals surface area contributed by atoms with Crippen molar-refractivity contribution in [2.24, 2.45) is 0 Å². The minimum Gasteiger partial charge on any atom is -0.463 e. The van der Waals surface area contributed by atoms with Crippen LogP contribution in [-0.2, 0) is 9.53 Å². The molecular formula is C19H38O7. The Labute approximate surface area is 157 Å². The summed E-state index contributed by atoms with van der Waals surface area (Å²) in [7, 11) is 0. The Hall–Kier alpha value is -0.730. The van der Waals surface area contributed by atoms with Crippen molar-refractivity contribution in [3.05, 3.63) is 0 Å². The predicted octanol–water partition coefficient (Wildman–Crippen LogP) is 1.28. The van der Waals surface area contributed by atoms with Crippen LogP contribution >= 0.6 is 0 Å². The minimum atomic E-state index is -1.71. The molecule has 0 aliphatic carbocycles. The Kier molecular flexibility index (Phi) is 16.0. The highest BCUT2D eigenvalue weighted by atomic mass is 16.5. The summed E-state index contributed by atoms with van der Waals surface area (Å²) in [6.45, 7) is 0.995. The number of carbonyl (C=O) groups excluding carboxylic acids is 1. The third-order valence-corrected chi connectivity index (χ3v) is 4.47. The Balaban J connectivity index is 3.62. The first-order valence-electron chi connectivity index (χ1n) is 9.92. The molecule has 0 aliphatic heterocycles. The van der Waals surface area contributed by atoms with Crippen molar-refractivity contribution < 1.29 is 35.1 Å². The second kappa shape index (κ2) is 16.4. The number of aliphatic hydroxyl groups is 5. The zero-order valence-corrected chi connectivity index (χ0v) is 16.1. The fraction of sp³-hybridized carbons (Fsp3) is 0.947. The third-order valence-electron chi connectivity index (χ3n) is 4.47. The number of esters is 1. The Morgan fingerprint density at radius 2 is 1.23 bits per heavy atom. The summed E-state index contributed by atoms with van der Waals surface area (Å²) in [5, 5.41) is 46.6. The quantitative estimate of drug-likeness (QED) is 0.190. The van der Waals surface area contributed by atoms with E-state index in [0.29, 0.717) is 0 Å². The summed E-state index contributed by atoms with van der Waals surface area (Å²) in [6.07, 6.45) is 5.40. The van der Waals surface area contributed by atoms with Crippen molar-refractivity contribution in [1.82, 2.24) is 0 Å². The van der Waals surface area contributed by atoms with E-state index in [4.69, 9.17) is 9.84 Å². The molecule has 0 bridgehead atoms. The molecule has 7 heteroatoms. The average molecular weight is 379 g/mol. The van der Waals surface area contributed by atoms with Gasteiger partial charge in [0.1, 0.15) is 31.0 Å². The van der Waals surface area contributed by atoms with Gasteiger partial charge in [-0.05, 0) is 6.42 Å². The van der Waals surface area contributed by atoms with Gasteiger partial charge in [-0.1, -0.05) is 64.7 Å². The van der Waals surface area contributed by atoms with Crippen LogP contribution in [0, 0.1) is 0 Å². The van der Waals surface area contributed by atoms with E-state index in [2.05, 4.69) is 6.92 Å². The molecule has 0 aliphatic rings. The molecule has 5 N–H and O–H groups in total. The molecule has 0 rings (SSSR count). The van der Waals surface area contributed by atoms with E-state index >= 15 is 0 Å². The molecule has 0 unspecified atom stereocenters. The largest absolute Gasteiger partial charge is 0.463 e. The average Bonchev–Trinajstić information content (AvgIpc) is 2.65. The predicted molar refractivity (Wildman–Crippen MR) is 98.5 cm³/mol. The van der Waals surface area contributed by atoms with E-state index in [9.17, 15) is 25.2 Å². The van der Waals surface area contributed by atoms with Crippen molar-refractivity contribution in [3.8, 4) is 0 Å². The number of ether oxygens (including phenoxy) is 1. The fourth-order valence-electron chi connectivity index (χ4n) is 2.67. The highest BCUT2D eigenvalue weighted by Crippen LogP contribution is 2.12. The van der Waals surface area contributed by atoms with Crippen LogP contribution in [0.15, 0.2) is 0 Å². The lowest BCUT2D eigenvalue weighted by molar-refractivity contribution is -0.156. The van der Waals surface area contributed by atoms with Gasteiger partial charge in [0.15, 0.2) is 0 Å². The molecule has 0 aromatic carbocycles. The molecule has 0 aromatic rings. The smallest absolute Gasteiger partial charge is 0.305 e. The molecular weight excluding hydrogens is 340 g/mol. The third kappa shape index (κ3) is 12.6. The lowest BCUT2D eigenvalue weighted by Gasteiger charge is -2.25. The molecule has 0 heterocycles. The standard InChI is InChI=1S/C19H38O7/c1-2-3-4-5-6-7-8-9-10-11-12-17(23)26-14-16(22)19(25)18(24)15(21)13-20/h15-16,18-22,24-25H,2-14H2,1H3/t15-,16+,18-,19-/m1/s1. The first kappa shape index (κ1) is 25.3. The first-order chi connectivity index (χ1) is 12.4. The monoisotopic (exact) mass is 378 g/mol. The molecule has 0 amide bonds. The van der Waals surface area contributed by atoms with Gasteiger partial charge in [0.2, 0.25) is 0 Å². The maximum Gasteiger partial charge on any atom is 0.305 e. The Bertz CT molecular complexity index is 338. The number of rotatable bonds is 17. The maximum absolute atomic E-state index is 11.6. The molecule has 4 atom stereocenters. The van der Waals surface area contributed by atoms with Crippen LogP contribution in [0.3, 0.4) is 0 Å². The molecule has 0 radical (unpaired) electrons. The summed E-state index contributed by atoms with van der Waals surface area (Å²) in [4.78, 5) is 11.6. The van der Waals surface area contributed by atoms with Crippen LogP contribution in [0.1, 0.15) is 77.6 Å². The molecule has 0 spiro atoms. The summed E-state index contributed by atoms with van der Waals surface area (Å²) in [5.74, 6) is -0.465. The van der Waals surface area contributed by atoms with E-state index < -0.39 is 43.6 Å². The zero-order chi connectivity index (χ0) is 19.8. The summed E-state index contributed by atoms with van der Waals surface area (Å²) in [5.41, 5.74) is 0. The van der Waals surface area contributed by atoms with Crippen LogP contribution in [0.25, 0.3) is 0 Å². The van der Waals surface area contributed by atoms with Crippen LogP contribution in [-0.4, -0.2) is 69.1 Å². The normalized spacial score (nSPS) is 16.1. The van der Waals surface area contributed by atoms with Gasteiger partial charge >= 0.3 is 5.97 Å². The van der Waals surface area contributed by atoms with Gasteiger partial charge in [-0.2, -0.15) is 0 Å². The number of aliphatic hydroxyl groups excluding tert-OH is 5. The lowest BCUT2D eigenvalue weighted by Crippen LogP contribution is -2.47. The molecule has 0 saturated heterocycles. The van der Waals surface area contributed by atoms with Gasteiger partial charge in [-0.25, -0.2) is 0 Å². The number of unbranched alkanes of at least 4 members (excludes halogenated alkanes) is 9. The first-order valence-corrected chi connectivity index (χ1v) is 9.92. The van der Waals surface area contributed by atoms with Gasteiger partial charge < -0.3 is 30.3 Å². The van der Waals surface area contributed by atoms with Crippen molar-refractivity contribution >= 4 is 5.97 Å². The van der Waals surface area contributed by atoms with Crippen molar-refractivity contribution in [2.75, 3.05) is 13.2 Å². The van der Waals surface area contributed by atoms with Crippen LogP contribution in [0.2, 0.25) is 0 Å². The van der Waals surface area contributed by atoms with Crippen LogP contribution < -0.4 is 0 Å². The molecule has 156 valence electrons. The van der Waals surface area contributed by atoms with Crippen molar-refractivity contribution in [2.45, 2.75) is 102 Å². The topological polar surface area (TPSA) is 127 Å². The van der Waals surface area contributed by atoms with Crippen molar-refractivity contribution in [3.63, 3.8) is 0 Å². The summed E-state index contributed by atoms with van der Waals surface area (Å²) >= 11 is 0. The SMILES string of the molecule is CCCCCCCCCCCCC(=O)OC[C@H](O)[C@@H](O)[C@H](O)[C@H](O)CO. The number of hydrogen-bond donors (Lipinski definition) is 5. The van der Waals surface area contributed by atoms with E-state index in [1.165, 1.54) is 44.9 Å². The second-order valence-electron chi connectivity index (χ2n) is 6.91. The Morgan fingerprint density at radius 1 is 0.769 bits per heavy atom. The Morgan fingerprint density at radius 3 is 1.73 bits per heavy atom. The van der Waals surface area contributed by atoms with E-state index in [0.717, 1.165) is 19.3 Å². The molecule has 7 nitrogen and oxygen atoms in total.